The molecule has 0 aliphatic rings. The van der Waals surface area contributed by atoms with E-state index in [1.165, 1.54) is 0 Å². The standard InChI is InChI=1S/C20H21N3O4/c1-14-8-9-23-13-17(22-18(23)11-14)20(26)21-12-15-4-6-16(7-5-15)27-10-2-3-19(24)25/h4-9,11,13H,2-3,10,12H2,1H3,(H,21,26)(H,24,25). The maximum absolute atomic E-state index is 12.3. The monoisotopic (exact) mass is 367 g/mol. The second kappa shape index (κ2) is 8.35. The summed E-state index contributed by atoms with van der Waals surface area (Å²) in [5.41, 5.74) is 3.13. The maximum Gasteiger partial charge on any atom is 0.303 e. The maximum atomic E-state index is 12.3. The number of pyridine rings is 1. The van der Waals surface area contributed by atoms with Crippen molar-refractivity contribution in [1.29, 1.82) is 0 Å². The number of benzene rings is 1. The summed E-state index contributed by atoms with van der Waals surface area (Å²) in [4.78, 5) is 27.1. The van der Waals surface area contributed by atoms with Crippen LogP contribution in [0.25, 0.3) is 5.65 Å². The third kappa shape index (κ3) is 5.07. The van der Waals surface area contributed by atoms with Gasteiger partial charge in [0.15, 0.2) is 0 Å². The number of ether oxygens (including phenoxy) is 1. The van der Waals surface area contributed by atoms with E-state index in [4.69, 9.17) is 9.84 Å². The molecule has 3 aromatic rings. The second-order valence-electron chi connectivity index (χ2n) is 6.27. The first-order chi connectivity index (χ1) is 13.0. The second-order valence-corrected chi connectivity index (χ2v) is 6.27. The highest BCUT2D eigenvalue weighted by Crippen LogP contribution is 2.13. The number of hydrogen-bond donors (Lipinski definition) is 2. The normalized spacial score (nSPS) is 10.7. The van der Waals surface area contributed by atoms with E-state index < -0.39 is 5.97 Å². The molecule has 0 unspecified atom stereocenters. The highest BCUT2D eigenvalue weighted by Gasteiger charge is 2.10. The first kappa shape index (κ1) is 18.4. The van der Waals surface area contributed by atoms with Crippen LogP contribution in [0, 0.1) is 6.92 Å². The Morgan fingerprint density at radius 2 is 2.00 bits per heavy atom. The lowest BCUT2D eigenvalue weighted by molar-refractivity contribution is -0.137. The lowest BCUT2D eigenvalue weighted by Gasteiger charge is -2.07. The van der Waals surface area contributed by atoms with Gasteiger partial charge < -0.3 is 19.6 Å². The summed E-state index contributed by atoms with van der Waals surface area (Å²) in [6.07, 6.45) is 4.14. The Balaban J connectivity index is 1.51. The molecular weight excluding hydrogens is 346 g/mol. The lowest BCUT2D eigenvalue weighted by atomic mass is 10.2. The Kier molecular flexibility index (Phi) is 5.71. The van der Waals surface area contributed by atoms with Crippen molar-refractivity contribution in [2.45, 2.75) is 26.3 Å². The summed E-state index contributed by atoms with van der Waals surface area (Å²) >= 11 is 0. The number of carboxylic acid groups (broad SMARTS) is 1. The van der Waals surface area contributed by atoms with Gasteiger partial charge in [-0.1, -0.05) is 12.1 Å². The first-order valence-corrected chi connectivity index (χ1v) is 8.68. The van der Waals surface area contributed by atoms with Crippen LogP contribution < -0.4 is 10.1 Å². The van der Waals surface area contributed by atoms with Gasteiger partial charge in [-0.2, -0.15) is 0 Å². The highest BCUT2D eigenvalue weighted by atomic mass is 16.5. The van der Waals surface area contributed by atoms with Crippen LogP contribution in [0.15, 0.2) is 48.8 Å². The van der Waals surface area contributed by atoms with E-state index >= 15 is 0 Å². The summed E-state index contributed by atoms with van der Waals surface area (Å²) in [6.45, 7) is 2.72. The van der Waals surface area contributed by atoms with E-state index in [1.54, 1.807) is 18.3 Å². The number of hydrogen-bond acceptors (Lipinski definition) is 4. The predicted octanol–water partition coefficient (Wildman–Crippen LogP) is 2.82. The van der Waals surface area contributed by atoms with Gasteiger partial charge in [-0.25, -0.2) is 4.98 Å². The Hall–Kier alpha value is -3.35. The van der Waals surface area contributed by atoms with E-state index in [2.05, 4.69) is 10.3 Å². The molecule has 0 aliphatic carbocycles. The van der Waals surface area contributed by atoms with Crippen molar-refractivity contribution in [1.82, 2.24) is 14.7 Å². The molecular formula is C20H21N3O4. The minimum atomic E-state index is -0.828. The summed E-state index contributed by atoms with van der Waals surface area (Å²) in [6, 6.07) is 11.2. The number of fused-ring (bicyclic) bond motifs is 1. The number of imidazole rings is 1. The zero-order valence-electron chi connectivity index (χ0n) is 15.0. The number of carbonyl (C=O) groups is 2. The van der Waals surface area contributed by atoms with Gasteiger partial charge in [-0.15, -0.1) is 0 Å². The van der Waals surface area contributed by atoms with E-state index in [0.717, 1.165) is 16.8 Å². The first-order valence-electron chi connectivity index (χ1n) is 8.68. The number of nitrogens with zero attached hydrogens (tertiary/aromatic N) is 2. The Labute approximate surface area is 156 Å². The molecule has 2 aromatic heterocycles. The Bertz CT molecular complexity index is 948. The fraction of sp³-hybridized carbons (Fsp3) is 0.250. The molecule has 27 heavy (non-hydrogen) atoms. The molecule has 0 saturated carbocycles. The van der Waals surface area contributed by atoms with Crippen LogP contribution in [0.5, 0.6) is 5.75 Å². The van der Waals surface area contributed by atoms with Crippen LogP contribution >= 0.6 is 0 Å². The molecule has 2 N–H and O–H groups in total. The SMILES string of the molecule is Cc1ccn2cc(C(=O)NCc3ccc(OCCCC(=O)O)cc3)nc2c1. The molecule has 0 atom stereocenters. The zero-order chi connectivity index (χ0) is 19.2. The number of aromatic nitrogens is 2. The number of aryl methyl sites for hydroxylation is 1. The van der Waals surface area contributed by atoms with Crippen molar-refractivity contribution in [3.63, 3.8) is 0 Å². The van der Waals surface area contributed by atoms with Crippen LogP contribution in [0.2, 0.25) is 0 Å². The number of carboxylic acids is 1. The average molecular weight is 367 g/mol. The van der Waals surface area contributed by atoms with E-state index in [-0.39, 0.29) is 12.3 Å². The Morgan fingerprint density at radius 3 is 2.74 bits per heavy atom. The van der Waals surface area contributed by atoms with Crippen LogP contribution in [0.3, 0.4) is 0 Å². The Morgan fingerprint density at radius 1 is 1.22 bits per heavy atom. The number of nitrogens with one attached hydrogen (secondary N) is 1. The van der Waals surface area contributed by atoms with Gasteiger partial charge in [0.05, 0.1) is 6.61 Å². The predicted molar refractivity (Wildman–Crippen MR) is 99.9 cm³/mol. The van der Waals surface area contributed by atoms with Gasteiger partial charge in [0.1, 0.15) is 17.1 Å². The van der Waals surface area contributed by atoms with Crippen molar-refractivity contribution in [3.05, 3.63) is 65.6 Å². The fourth-order valence-electron chi connectivity index (χ4n) is 2.58. The van der Waals surface area contributed by atoms with Crippen molar-refractivity contribution in [2.24, 2.45) is 0 Å². The van der Waals surface area contributed by atoms with Crippen LogP contribution in [-0.2, 0) is 11.3 Å². The summed E-state index contributed by atoms with van der Waals surface area (Å²) < 4.78 is 7.30. The minimum absolute atomic E-state index is 0.0900. The molecule has 1 aromatic carbocycles. The smallest absolute Gasteiger partial charge is 0.303 e. The molecule has 0 fully saturated rings. The third-order valence-electron chi connectivity index (χ3n) is 4.03. The van der Waals surface area contributed by atoms with Crippen molar-refractivity contribution in [2.75, 3.05) is 6.61 Å². The average Bonchev–Trinajstić information content (AvgIpc) is 3.07. The van der Waals surface area contributed by atoms with E-state index in [1.807, 2.05) is 41.8 Å². The van der Waals surface area contributed by atoms with Gasteiger partial charge >= 0.3 is 5.97 Å². The molecule has 0 radical (unpaired) electrons. The van der Waals surface area contributed by atoms with E-state index in [0.29, 0.717) is 31.0 Å². The molecule has 140 valence electrons. The largest absolute Gasteiger partial charge is 0.494 e. The fourth-order valence-corrected chi connectivity index (χ4v) is 2.58. The number of rotatable bonds is 8. The number of carbonyl (C=O) groups excluding carboxylic acids is 1. The van der Waals surface area contributed by atoms with Crippen LogP contribution in [0.1, 0.15) is 34.5 Å². The number of amides is 1. The van der Waals surface area contributed by atoms with Crippen molar-refractivity contribution < 1.29 is 19.4 Å². The molecule has 2 heterocycles. The molecule has 7 nitrogen and oxygen atoms in total. The topological polar surface area (TPSA) is 92.9 Å². The molecule has 7 heteroatoms. The van der Waals surface area contributed by atoms with E-state index in [9.17, 15) is 9.59 Å². The molecule has 0 bridgehead atoms. The molecule has 0 saturated heterocycles. The van der Waals surface area contributed by atoms with Gasteiger partial charge in [-0.05, 0) is 48.7 Å². The molecule has 1 amide bonds. The highest BCUT2D eigenvalue weighted by molar-refractivity contribution is 5.92. The van der Waals surface area contributed by atoms with Crippen molar-refractivity contribution in [3.8, 4) is 5.75 Å². The zero-order valence-corrected chi connectivity index (χ0v) is 15.0. The van der Waals surface area contributed by atoms with Gasteiger partial charge in [0.25, 0.3) is 5.91 Å². The number of aliphatic carboxylic acids is 1. The molecule has 0 aliphatic heterocycles. The molecule has 0 spiro atoms. The summed E-state index contributed by atoms with van der Waals surface area (Å²) in [5, 5.41) is 11.4. The minimum Gasteiger partial charge on any atom is -0.494 e. The lowest BCUT2D eigenvalue weighted by Crippen LogP contribution is -2.23. The van der Waals surface area contributed by atoms with Crippen LogP contribution in [-0.4, -0.2) is 33.0 Å². The quantitative estimate of drug-likeness (QED) is 0.597. The van der Waals surface area contributed by atoms with Crippen LogP contribution in [0.4, 0.5) is 0 Å². The molecule has 3 rings (SSSR count). The van der Waals surface area contributed by atoms with Crippen molar-refractivity contribution >= 4 is 17.5 Å². The summed E-state index contributed by atoms with van der Waals surface area (Å²) in [5.74, 6) is -0.387. The van der Waals surface area contributed by atoms with Gasteiger partial charge in [-0.3, -0.25) is 9.59 Å². The van der Waals surface area contributed by atoms with Gasteiger partial charge in [0, 0.05) is 25.4 Å². The third-order valence-corrected chi connectivity index (χ3v) is 4.03. The van der Waals surface area contributed by atoms with Gasteiger partial charge in [0.2, 0.25) is 0 Å². The summed E-state index contributed by atoms with van der Waals surface area (Å²) in [7, 11) is 0.